The summed E-state index contributed by atoms with van der Waals surface area (Å²) in [6.45, 7) is 0.125. The van der Waals surface area contributed by atoms with Crippen LogP contribution in [-0.4, -0.2) is 23.5 Å². The van der Waals surface area contributed by atoms with Crippen LogP contribution in [0.25, 0.3) is 0 Å². The molecule has 0 saturated carbocycles. The lowest BCUT2D eigenvalue weighted by atomic mass is 10.2. The van der Waals surface area contributed by atoms with Gasteiger partial charge in [-0.15, -0.1) is 0 Å². The summed E-state index contributed by atoms with van der Waals surface area (Å²) in [4.78, 5) is 23.5. The molecule has 1 heterocycles. The van der Waals surface area contributed by atoms with Crippen LogP contribution in [0, 0.1) is 0 Å². The molecule has 2 amide bonds. The SMILES string of the molecule is O=C1COC(=O)N1Cc1ccc(Br)cc1. The monoisotopic (exact) mass is 269 g/mol. The van der Waals surface area contributed by atoms with Gasteiger partial charge in [-0.05, 0) is 17.7 Å². The van der Waals surface area contributed by atoms with Gasteiger partial charge in [0.2, 0.25) is 0 Å². The highest BCUT2D eigenvalue weighted by Crippen LogP contribution is 2.14. The molecule has 15 heavy (non-hydrogen) atoms. The van der Waals surface area contributed by atoms with E-state index in [0.29, 0.717) is 0 Å². The van der Waals surface area contributed by atoms with Gasteiger partial charge in [-0.3, -0.25) is 4.79 Å². The first-order chi connectivity index (χ1) is 7.16. The van der Waals surface area contributed by atoms with Crippen LogP contribution in [0.3, 0.4) is 0 Å². The van der Waals surface area contributed by atoms with Gasteiger partial charge in [0.05, 0.1) is 6.54 Å². The molecule has 1 aliphatic heterocycles. The third-order valence-electron chi connectivity index (χ3n) is 2.09. The Hall–Kier alpha value is -1.36. The number of hydrogen-bond acceptors (Lipinski definition) is 3. The zero-order valence-corrected chi connectivity index (χ0v) is 9.36. The van der Waals surface area contributed by atoms with Crippen molar-refractivity contribution in [3.63, 3.8) is 0 Å². The quantitative estimate of drug-likeness (QED) is 0.824. The standard InChI is InChI=1S/C10H8BrNO3/c11-8-3-1-7(2-4-8)5-12-9(13)6-15-10(12)14/h1-4H,5-6H2. The van der Waals surface area contributed by atoms with E-state index < -0.39 is 6.09 Å². The van der Waals surface area contributed by atoms with Crippen LogP contribution in [0.1, 0.15) is 5.56 Å². The van der Waals surface area contributed by atoms with Crippen molar-refractivity contribution in [2.45, 2.75) is 6.54 Å². The minimum absolute atomic E-state index is 0.143. The number of carbonyl (C=O) groups excluding carboxylic acids is 2. The molecule has 1 saturated heterocycles. The van der Waals surface area contributed by atoms with Crippen molar-refractivity contribution in [3.05, 3.63) is 34.3 Å². The van der Waals surface area contributed by atoms with E-state index in [9.17, 15) is 9.59 Å². The fourth-order valence-electron chi connectivity index (χ4n) is 1.31. The van der Waals surface area contributed by atoms with Gasteiger partial charge in [0.25, 0.3) is 5.91 Å². The molecule has 0 spiro atoms. The lowest BCUT2D eigenvalue weighted by Crippen LogP contribution is -2.28. The normalized spacial score (nSPS) is 15.7. The van der Waals surface area contributed by atoms with Crippen LogP contribution >= 0.6 is 15.9 Å². The van der Waals surface area contributed by atoms with Gasteiger partial charge in [0, 0.05) is 4.47 Å². The zero-order chi connectivity index (χ0) is 10.8. The molecule has 1 fully saturated rings. The molecule has 0 radical (unpaired) electrons. The van der Waals surface area contributed by atoms with Crippen LogP contribution in [-0.2, 0) is 16.1 Å². The molecule has 1 aromatic carbocycles. The summed E-state index contributed by atoms with van der Waals surface area (Å²) >= 11 is 3.31. The van der Waals surface area contributed by atoms with Crippen molar-refractivity contribution in [2.75, 3.05) is 6.61 Å². The first-order valence-electron chi connectivity index (χ1n) is 4.38. The van der Waals surface area contributed by atoms with Crippen molar-refractivity contribution < 1.29 is 14.3 Å². The molecule has 0 aromatic heterocycles. The van der Waals surface area contributed by atoms with Crippen molar-refractivity contribution in [1.82, 2.24) is 4.90 Å². The fourth-order valence-corrected chi connectivity index (χ4v) is 1.57. The molecule has 1 aromatic rings. The molecular weight excluding hydrogens is 262 g/mol. The van der Waals surface area contributed by atoms with Gasteiger partial charge in [-0.25, -0.2) is 9.69 Å². The highest BCUT2D eigenvalue weighted by molar-refractivity contribution is 9.10. The first kappa shape index (κ1) is 10.2. The molecule has 0 bridgehead atoms. The molecule has 5 heteroatoms. The summed E-state index contributed by atoms with van der Waals surface area (Å²) in [7, 11) is 0. The molecule has 0 N–H and O–H groups in total. The van der Waals surface area contributed by atoms with Crippen molar-refractivity contribution in [3.8, 4) is 0 Å². The molecule has 0 atom stereocenters. The number of cyclic esters (lactones) is 1. The van der Waals surface area contributed by atoms with Gasteiger partial charge >= 0.3 is 6.09 Å². The lowest BCUT2D eigenvalue weighted by Gasteiger charge is -2.10. The predicted octanol–water partition coefficient (Wildman–Crippen LogP) is 1.93. The number of benzene rings is 1. The number of carbonyl (C=O) groups is 2. The number of halogens is 1. The summed E-state index contributed by atoms with van der Waals surface area (Å²) in [5.74, 6) is -0.289. The number of rotatable bonds is 2. The summed E-state index contributed by atoms with van der Waals surface area (Å²) in [5.41, 5.74) is 0.894. The second-order valence-electron chi connectivity index (χ2n) is 3.16. The minimum atomic E-state index is -0.567. The second kappa shape index (κ2) is 4.02. The van der Waals surface area contributed by atoms with Gasteiger partial charge in [-0.2, -0.15) is 0 Å². The van der Waals surface area contributed by atoms with Crippen LogP contribution in [0.4, 0.5) is 4.79 Å². The highest BCUT2D eigenvalue weighted by Gasteiger charge is 2.30. The Kier molecular flexibility index (Phi) is 2.73. The largest absolute Gasteiger partial charge is 0.439 e. The third-order valence-corrected chi connectivity index (χ3v) is 2.62. The van der Waals surface area contributed by atoms with Gasteiger partial charge in [0.1, 0.15) is 0 Å². The van der Waals surface area contributed by atoms with Crippen LogP contribution in [0.15, 0.2) is 28.7 Å². The maximum Gasteiger partial charge on any atom is 0.417 e. The van der Waals surface area contributed by atoms with Crippen molar-refractivity contribution >= 4 is 27.9 Å². The molecule has 0 aliphatic carbocycles. The maximum absolute atomic E-state index is 11.2. The predicted molar refractivity (Wildman–Crippen MR) is 56.0 cm³/mol. The number of nitrogens with zero attached hydrogens (tertiary/aromatic N) is 1. The van der Waals surface area contributed by atoms with Crippen molar-refractivity contribution in [1.29, 1.82) is 0 Å². The molecule has 0 unspecified atom stereocenters. The van der Waals surface area contributed by atoms with E-state index in [2.05, 4.69) is 20.7 Å². The fraction of sp³-hybridized carbons (Fsp3) is 0.200. The summed E-state index contributed by atoms with van der Waals surface area (Å²) < 4.78 is 5.56. The van der Waals surface area contributed by atoms with Gasteiger partial charge in [-0.1, -0.05) is 28.1 Å². The number of amides is 2. The Morgan fingerprint density at radius 1 is 1.27 bits per heavy atom. The Morgan fingerprint density at radius 2 is 1.93 bits per heavy atom. The summed E-state index contributed by atoms with van der Waals surface area (Å²) in [6, 6.07) is 7.42. The van der Waals surface area contributed by atoms with E-state index in [1.807, 2.05) is 24.3 Å². The highest BCUT2D eigenvalue weighted by atomic mass is 79.9. The van der Waals surface area contributed by atoms with Crippen LogP contribution in [0.5, 0.6) is 0 Å². The van der Waals surface area contributed by atoms with E-state index in [4.69, 9.17) is 0 Å². The van der Waals surface area contributed by atoms with E-state index in [0.717, 1.165) is 14.9 Å². The molecule has 2 rings (SSSR count). The molecular formula is C10H8BrNO3. The van der Waals surface area contributed by atoms with Gasteiger partial charge in [0.15, 0.2) is 6.61 Å². The average molecular weight is 270 g/mol. The van der Waals surface area contributed by atoms with E-state index in [1.165, 1.54) is 0 Å². The molecule has 1 aliphatic rings. The Labute approximate surface area is 94.9 Å². The smallest absolute Gasteiger partial charge is 0.417 e. The van der Waals surface area contributed by atoms with E-state index >= 15 is 0 Å². The van der Waals surface area contributed by atoms with E-state index in [1.54, 1.807) is 0 Å². The second-order valence-corrected chi connectivity index (χ2v) is 4.08. The lowest BCUT2D eigenvalue weighted by molar-refractivity contribution is -0.126. The Balaban J connectivity index is 2.11. The third kappa shape index (κ3) is 2.18. The molecule has 78 valence electrons. The zero-order valence-electron chi connectivity index (χ0n) is 7.77. The molecule has 4 nitrogen and oxygen atoms in total. The minimum Gasteiger partial charge on any atom is -0.439 e. The Bertz CT molecular complexity index is 386. The van der Waals surface area contributed by atoms with Crippen LogP contribution < -0.4 is 0 Å². The van der Waals surface area contributed by atoms with Gasteiger partial charge < -0.3 is 4.74 Å². The number of hydrogen-bond donors (Lipinski definition) is 0. The summed E-state index contributed by atoms with van der Waals surface area (Å²) in [6.07, 6.45) is -0.567. The van der Waals surface area contributed by atoms with E-state index in [-0.39, 0.29) is 19.1 Å². The van der Waals surface area contributed by atoms with Crippen molar-refractivity contribution in [2.24, 2.45) is 0 Å². The number of ether oxygens (including phenoxy) is 1. The number of imide groups is 1. The average Bonchev–Trinajstić information content (AvgIpc) is 2.53. The first-order valence-corrected chi connectivity index (χ1v) is 5.17. The maximum atomic E-state index is 11.2. The summed E-state index contributed by atoms with van der Waals surface area (Å²) in [5, 5.41) is 0. The Morgan fingerprint density at radius 3 is 2.47 bits per heavy atom. The van der Waals surface area contributed by atoms with Crippen LogP contribution in [0.2, 0.25) is 0 Å². The topological polar surface area (TPSA) is 46.6 Å².